The van der Waals surface area contributed by atoms with Crippen LogP contribution in [0.15, 0.2) is 47.1 Å². The van der Waals surface area contributed by atoms with Crippen LogP contribution in [0.5, 0.6) is 0 Å². The zero-order valence-corrected chi connectivity index (χ0v) is 13.8. The third-order valence-corrected chi connectivity index (χ3v) is 7.39. The van der Waals surface area contributed by atoms with E-state index in [1.165, 1.54) is 62.5 Å². The Kier molecular flexibility index (Phi) is 3.25. The summed E-state index contributed by atoms with van der Waals surface area (Å²) in [5, 5.41) is 0. The van der Waals surface area contributed by atoms with Gasteiger partial charge in [0, 0.05) is 5.92 Å². The second kappa shape index (κ2) is 5.33. The monoisotopic (exact) mass is 306 g/mol. The van der Waals surface area contributed by atoms with Gasteiger partial charge in [-0.25, -0.2) is 0 Å². The third kappa shape index (κ3) is 2.16. The van der Waals surface area contributed by atoms with Crippen molar-refractivity contribution < 1.29 is 4.79 Å². The highest BCUT2D eigenvalue weighted by molar-refractivity contribution is 6.02. The molecular formula is C22H26O. The molecule has 1 nitrogen and oxygen atoms in total. The summed E-state index contributed by atoms with van der Waals surface area (Å²) in [4.78, 5) is 11.9. The van der Waals surface area contributed by atoms with Crippen molar-refractivity contribution in [1.29, 1.82) is 0 Å². The van der Waals surface area contributed by atoms with Crippen LogP contribution < -0.4 is 0 Å². The fourth-order valence-corrected chi connectivity index (χ4v) is 6.45. The standard InChI is InChI=1S/C22H26O/c23-16-8-5-15-7-10-20-19-9-6-14-3-1-2-4-17(14)18(19)11-12-21(20)22(15)13-16/h5,7-8,10,13-14,17-19,21H,1-4,6,9,11-12H2. The van der Waals surface area contributed by atoms with Gasteiger partial charge in [0.05, 0.1) is 0 Å². The predicted molar refractivity (Wildman–Crippen MR) is 92.8 cm³/mol. The maximum Gasteiger partial charge on any atom is 0.178 e. The molecule has 0 aliphatic heterocycles. The maximum atomic E-state index is 11.9. The number of ketones is 1. The molecule has 5 aliphatic carbocycles. The number of carbonyl (C=O) groups excluding carboxylic acids is 1. The van der Waals surface area contributed by atoms with E-state index in [0.29, 0.717) is 5.92 Å². The molecule has 1 heteroatoms. The van der Waals surface area contributed by atoms with Crippen LogP contribution in [0.1, 0.15) is 51.4 Å². The molecular weight excluding hydrogens is 280 g/mol. The van der Waals surface area contributed by atoms with Gasteiger partial charge in [-0.3, -0.25) is 4.79 Å². The van der Waals surface area contributed by atoms with E-state index in [1.807, 2.05) is 12.2 Å². The molecule has 0 saturated heterocycles. The average molecular weight is 306 g/mol. The zero-order valence-electron chi connectivity index (χ0n) is 13.8. The van der Waals surface area contributed by atoms with Crippen LogP contribution in [0.2, 0.25) is 0 Å². The number of fused-ring (bicyclic) bond motifs is 7. The molecule has 5 unspecified atom stereocenters. The highest BCUT2D eigenvalue weighted by Crippen LogP contribution is 2.56. The molecule has 0 aromatic carbocycles. The van der Waals surface area contributed by atoms with Crippen molar-refractivity contribution in [2.75, 3.05) is 0 Å². The molecule has 23 heavy (non-hydrogen) atoms. The molecule has 0 bridgehead atoms. The Morgan fingerprint density at radius 3 is 2.70 bits per heavy atom. The van der Waals surface area contributed by atoms with Crippen LogP contribution in [0.4, 0.5) is 0 Å². The molecule has 0 N–H and O–H groups in total. The average Bonchev–Trinajstić information content (AvgIpc) is 2.60. The number of hydrogen-bond acceptors (Lipinski definition) is 1. The van der Waals surface area contributed by atoms with E-state index in [1.54, 1.807) is 11.6 Å². The summed E-state index contributed by atoms with van der Waals surface area (Å²) in [7, 11) is 0. The number of rotatable bonds is 0. The normalized spacial score (nSPS) is 41.7. The maximum absolute atomic E-state index is 11.9. The second-order valence-corrected chi connectivity index (χ2v) is 8.31. The Morgan fingerprint density at radius 1 is 0.826 bits per heavy atom. The molecule has 0 aromatic rings. The summed E-state index contributed by atoms with van der Waals surface area (Å²) in [6.07, 6.45) is 21.7. The van der Waals surface area contributed by atoms with E-state index in [-0.39, 0.29) is 5.78 Å². The van der Waals surface area contributed by atoms with Gasteiger partial charge in [0.1, 0.15) is 0 Å². The fraction of sp³-hybridized carbons (Fsp3) is 0.591. The smallest absolute Gasteiger partial charge is 0.178 e. The van der Waals surface area contributed by atoms with Crippen molar-refractivity contribution in [1.82, 2.24) is 0 Å². The lowest BCUT2D eigenvalue weighted by Gasteiger charge is -2.51. The van der Waals surface area contributed by atoms with E-state index < -0.39 is 0 Å². The van der Waals surface area contributed by atoms with Crippen LogP contribution in [0, 0.1) is 29.6 Å². The number of hydrogen-bond donors (Lipinski definition) is 0. The van der Waals surface area contributed by atoms with Crippen molar-refractivity contribution in [2.24, 2.45) is 29.6 Å². The largest absolute Gasteiger partial charge is 0.290 e. The lowest BCUT2D eigenvalue weighted by atomic mass is 9.53. The summed E-state index contributed by atoms with van der Waals surface area (Å²) < 4.78 is 0. The van der Waals surface area contributed by atoms with Crippen LogP contribution in [-0.2, 0) is 4.79 Å². The van der Waals surface area contributed by atoms with Gasteiger partial charge in [-0.15, -0.1) is 0 Å². The summed E-state index contributed by atoms with van der Waals surface area (Å²) in [6, 6.07) is 0. The molecule has 0 spiro atoms. The molecule has 0 radical (unpaired) electrons. The summed E-state index contributed by atoms with van der Waals surface area (Å²) in [5.41, 5.74) is 4.27. The van der Waals surface area contributed by atoms with Crippen molar-refractivity contribution in [3.05, 3.63) is 47.1 Å². The minimum atomic E-state index is 0.177. The van der Waals surface area contributed by atoms with E-state index in [2.05, 4.69) is 12.2 Å². The van der Waals surface area contributed by atoms with Gasteiger partial charge in [-0.2, -0.15) is 0 Å². The fourth-order valence-electron chi connectivity index (χ4n) is 6.45. The zero-order chi connectivity index (χ0) is 15.4. The summed E-state index contributed by atoms with van der Waals surface area (Å²) in [5.74, 6) is 4.46. The van der Waals surface area contributed by atoms with Crippen molar-refractivity contribution in [3.8, 4) is 0 Å². The third-order valence-electron chi connectivity index (χ3n) is 7.39. The molecule has 3 saturated carbocycles. The van der Waals surface area contributed by atoms with E-state index >= 15 is 0 Å². The van der Waals surface area contributed by atoms with E-state index in [4.69, 9.17) is 0 Å². The molecule has 0 heterocycles. The molecule has 120 valence electrons. The molecule has 5 aliphatic rings. The minimum absolute atomic E-state index is 0.177. The molecule has 5 rings (SSSR count). The Balaban J connectivity index is 1.49. The van der Waals surface area contributed by atoms with Gasteiger partial charge in [0.15, 0.2) is 5.78 Å². The van der Waals surface area contributed by atoms with E-state index in [0.717, 1.165) is 23.7 Å². The molecule has 0 amide bonds. The molecule has 0 aromatic heterocycles. The first-order valence-electron chi connectivity index (χ1n) is 9.67. The van der Waals surface area contributed by atoms with Gasteiger partial charge < -0.3 is 0 Å². The van der Waals surface area contributed by atoms with Gasteiger partial charge >= 0.3 is 0 Å². The first-order valence-corrected chi connectivity index (χ1v) is 9.67. The first kappa shape index (κ1) is 14.0. The van der Waals surface area contributed by atoms with Crippen LogP contribution in [0.3, 0.4) is 0 Å². The van der Waals surface area contributed by atoms with Gasteiger partial charge in [-0.05, 0) is 79.1 Å². The predicted octanol–water partition coefficient (Wildman–Crippen LogP) is 5.16. The highest BCUT2D eigenvalue weighted by Gasteiger charge is 2.46. The molecule has 5 atom stereocenters. The van der Waals surface area contributed by atoms with Crippen molar-refractivity contribution >= 4 is 5.78 Å². The SMILES string of the molecule is O=C1C=CC2=CC=C3C(CCC4C3CCC3CCCCC34)C2=C1. The Labute approximate surface area is 139 Å². The highest BCUT2D eigenvalue weighted by atomic mass is 16.1. The minimum Gasteiger partial charge on any atom is -0.290 e. The Bertz CT molecular complexity index is 659. The van der Waals surface area contributed by atoms with Crippen LogP contribution in [0.25, 0.3) is 0 Å². The Hall–Kier alpha value is -1.37. The molecule has 3 fully saturated rings. The lowest BCUT2D eigenvalue weighted by Crippen LogP contribution is -2.42. The van der Waals surface area contributed by atoms with Crippen LogP contribution >= 0.6 is 0 Å². The Morgan fingerprint density at radius 2 is 1.74 bits per heavy atom. The van der Waals surface area contributed by atoms with Gasteiger partial charge in [-0.1, -0.05) is 43.1 Å². The quantitative estimate of drug-likeness (QED) is 0.604. The van der Waals surface area contributed by atoms with Crippen molar-refractivity contribution in [3.63, 3.8) is 0 Å². The number of carbonyl (C=O) groups is 1. The van der Waals surface area contributed by atoms with Gasteiger partial charge in [0.25, 0.3) is 0 Å². The second-order valence-electron chi connectivity index (χ2n) is 8.31. The van der Waals surface area contributed by atoms with Crippen molar-refractivity contribution in [2.45, 2.75) is 51.4 Å². The topological polar surface area (TPSA) is 17.1 Å². The number of allylic oxidation sites excluding steroid dienone is 8. The van der Waals surface area contributed by atoms with Crippen LogP contribution in [-0.4, -0.2) is 5.78 Å². The summed E-state index contributed by atoms with van der Waals surface area (Å²) in [6.45, 7) is 0. The first-order chi connectivity index (χ1) is 11.3. The van der Waals surface area contributed by atoms with Gasteiger partial charge in [0.2, 0.25) is 0 Å². The lowest BCUT2D eigenvalue weighted by molar-refractivity contribution is -0.110. The van der Waals surface area contributed by atoms with E-state index in [9.17, 15) is 4.79 Å². The summed E-state index contributed by atoms with van der Waals surface area (Å²) >= 11 is 0.